The Kier molecular flexibility index (Phi) is 5.13. The molecule has 0 heterocycles. The van der Waals surface area contributed by atoms with E-state index in [1.807, 2.05) is 24.3 Å². The summed E-state index contributed by atoms with van der Waals surface area (Å²) < 4.78 is 13.0. The summed E-state index contributed by atoms with van der Waals surface area (Å²) in [5.41, 5.74) is 2.19. The van der Waals surface area contributed by atoms with Crippen molar-refractivity contribution in [2.45, 2.75) is 19.3 Å². The van der Waals surface area contributed by atoms with Crippen molar-refractivity contribution < 1.29 is 9.50 Å². The van der Waals surface area contributed by atoms with Gasteiger partial charge in [-0.05, 0) is 48.4 Å². The molecule has 2 nitrogen and oxygen atoms in total. The van der Waals surface area contributed by atoms with Crippen molar-refractivity contribution in [2.75, 3.05) is 13.1 Å². The van der Waals surface area contributed by atoms with Gasteiger partial charge in [-0.25, -0.2) is 4.39 Å². The van der Waals surface area contributed by atoms with Gasteiger partial charge in [-0.2, -0.15) is 0 Å². The smallest absolute Gasteiger partial charge is 0.123 e. The predicted octanol–water partition coefficient (Wildman–Crippen LogP) is 3.47. The van der Waals surface area contributed by atoms with E-state index in [-0.39, 0.29) is 17.5 Å². The fourth-order valence-corrected chi connectivity index (χ4v) is 2.33. The van der Waals surface area contributed by atoms with Crippen molar-refractivity contribution in [1.29, 1.82) is 0 Å². The first-order chi connectivity index (χ1) is 9.69. The van der Waals surface area contributed by atoms with Crippen LogP contribution in [0.1, 0.15) is 24.0 Å². The lowest BCUT2D eigenvalue weighted by Gasteiger charge is -2.18. The minimum atomic E-state index is -0.215. The molecule has 0 radical (unpaired) electrons. The van der Waals surface area contributed by atoms with E-state index in [0.717, 1.165) is 30.6 Å². The Morgan fingerprint density at radius 3 is 2.55 bits per heavy atom. The van der Waals surface area contributed by atoms with E-state index < -0.39 is 0 Å². The zero-order chi connectivity index (χ0) is 14.4. The highest BCUT2D eigenvalue weighted by atomic mass is 19.1. The van der Waals surface area contributed by atoms with Crippen molar-refractivity contribution in [3.8, 4) is 5.75 Å². The number of phenolic OH excluding ortho intramolecular Hbond substituents is 1. The second-order valence-electron chi connectivity index (χ2n) is 4.93. The Morgan fingerprint density at radius 1 is 1.15 bits per heavy atom. The topological polar surface area (TPSA) is 32.3 Å². The number of likely N-dealkylation sites (N-methyl/N-ethyl adjacent to an activating group) is 1. The summed E-state index contributed by atoms with van der Waals surface area (Å²) in [6.45, 7) is 3.80. The molecule has 1 unspecified atom stereocenters. The number of phenols is 1. The molecule has 106 valence electrons. The summed E-state index contributed by atoms with van der Waals surface area (Å²) in [4.78, 5) is 0. The lowest BCUT2D eigenvalue weighted by atomic mass is 9.91. The number of rotatable bonds is 6. The average molecular weight is 273 g/mol. The maximum absolute atomic E-state index is 13.0. The molecule has 2 rings (SSSR count). The van der Waals surface area contributed by atoms with Gasteiger partial charge in [-0.1, -0.05) is 31.2 Å². The molecule has 3 heteroatoms. The summed E-state index contributed by atoms with van der Waals surface area (Å²) in [5.74, 6) is 0.328. The van der Waals surface area contributed by atoms with E-state index in [2.05, 4.69) is 12.2 Å². The Balaban J connectivity index is 2.16. The molecule has 0 spiro atoms. The molecule has 2 aromatic rings. The molecule has 0 aromatic heterocycles. The number of hydrogen-bond acceptors (Lipinski definition) is 2. The van der Waals surface area contributed by atoms with Gasteiger partial charge in [0.2, 0.25) is 0 Å². The van der Waals surface area contributed by atoms with Crippen molar-refractivity contribution in [3.63, 3.8) is 0 Å². The van der Waals surface area contributed by atoms with Crippen LogP contribution >= 0.6 is 0 Å². The first kappa shape index (κ1) is 14.5. The maximum Gasteiger partial charge on any atom is 0.123 e. The minimum absolute atomic E-state index is 0.215. The molecule has 0 bridgehead atoms. The van der Waals surface area contributed by atoms with Gasteiger partial charge in [0.05, 0.1) is 0 Å². The third kappa shape index (κ3) is 4.07. The molecular formula is C17H20FNO. The lowest BCUT2D eigenvalue weighted by molar-refractivity contribution is 0.474. The van der Waals surface area contributed by atoms with Gasteiger partial charge >= 0.3 is 0 Å². The number of aromatic hydroxyl groups is 1. The third-order valence-electron chi connectivity index (χ3n) is 3.37. The summed E-state index contributed by atoms with van der Waals surface area (Å²) in [6, 6.07) is 14.0. The van der Waals surface area contributed by atoms with E-state index in [1.54, 1.807) is 12.1 Å². The largest absolute Gasteiger partial charge is 0.508 e. The van der Waals surface area contributed by atoms with Crippen molar-refractivity contribution in [1.82, 2.24) is 5.32 Å². The van der Waals surface area contributed by atoms with Crippen LogP contribution in [0.25, 0.3) is 0 Å². The fourth-order valence-electron chi connectivity index (χ4n) is 2.33. The van der Waals surface area contributed by atoms with Gasteiger partial charge in [0.1, 0.15) is 11.6 Å². The van der Waals surface area contributed by atoms with Crippen LogP contribution in [0, 0.1) is 5.82 Å². The van der Waals surface area contributed by atoms with E-state index >= 15 is 0 Å². The summed E-state index contributed by atoms with van der Waals surface area (Å²) in [7, 11) is 0. The first-order valence-corrected chi connectivity index (χ1v) is 6.93. The highest BCUT2D eigenvalue weighted by Crippen LogP contribution is 2.22. The Labute approximate surface area is 119 Å². The van der Waals surface area contributed by atoms with Crippen LogP contribution in [-0.2, 0) is 6.42 Å². The second kappa shape index (κ2) is 7.06. The number of hydrogen-bond donors (Lipinski definition) is 2. The normalized spacial score (nSPS) is 12.3. The molecule has 1 atom stereocenters. The van der Waals surface area contributed by atoms with Crippen LogP contribution in [0.4, 0.5) is 4.39 Å². The zero-order valence-corrected chi connectivity index (χ0v) is 11.6. The SMILES string of the molecule is CCNCC(Cc1cccc(O)c1)c1ccc(F)cc1. The molecule has 0 saturated carbocycles. The van der Waals surface area contributed by atoms with E-state index in [0.29, 0.717) is 0 Å². The molecule has 0 fully saturated rings. The van der Waals surface area contributed by atoms with Crippen LogP contribution < -0.4 is 5.32 Å². The first-order valence-electron chi connectivity index (χ1n) is 6.93. The Morgan fingerprint density at radius 2 is 1.90 bits per heavy atom. The Bertz CT molecular complexity index is 539. The van der Waals surface area contributed by atoms with E-state index in [9.17, 15) is 9.50 Å². The number of nitrogens with one attached hydrogen (secondary N) is 1. The molecule has 0 aliphatic rings. The molecule has 0 aliphatic carbocycles. The standard InChI is InChI=1S/C17H20FNO/c1-2-19-12-15(14-6-8-16(18)9-7-14)10-13-4-3-5-17(20)11-13/h3-9,11,15,19-20H,2,10,12H2,1H3. The zero-order valence-electron chi connectivity index (χ0n) is 11.6. The molecule has 0 aliphatic heterocycles. The van der Waals surface area contributed by atoms with Gasteiger partial charge in [0, 0.05) is 12.5 Å². The predicted molar refractivity (Wildman–Crippen MR) is 79.5 cm³/mol. The van der Waals surface area contributed by atoms with Gasteiger partial charge in [0.25, 0.3) is 0 Å². The molecular weight excluding hydrogens is 253 g/mol. The lowest BCUT2D eigenvalue weighted by Crippen LogP contribution is -2.22. The average Bonchev–Trinajstić information content (AvgIpc) is 2.44. The highest BCUT2D eigenvalue weighted by Gasteiger charge is 2.12. The van der Waals surface area contributed by atoms with Crippen LogP contribution in [0.5, 0.6) is 5.75 Å². The fraction of sp³-hybridized carbons (Fsp3) is 0.294. The quantitative estimate of drug-likeness (QED) is 0.844. The summed E-state index contributed by atoms with van der Waals surface area (Å²) >= 11 is 0. The molecule has 20 heavy (non-hydrogen) atoms. The molecule has 2 N–H and O–H groups in total. The van der Waals surface area contributed by atoms with Crippen LogP contribution in [0.15, 0.2) is 48.5 Å². The second-order valence-corrected chi connectivity index (χ2v) is 4.93. The molecule has 2 aromatic carbocycles. The molecule has 0 saturated heterocycles. The van der Waals surface area contributed by atoms with Gasteiger partial charge < -0.3 is 10.4 Å². The van der Waals surface area contributed by atoms with Gasteiger partial charge in [-0.15, -0.1) is 0 Å². The molecule has 0 amide bonds. The van der Waals surface area contributed by atoms with Crippen molar-refractivity contribution in [2.24, 2.45) is 0 Å². The van der Waals surface area contributed by atoms with Crippen LogP contribution in [-0.4, -0.2) is 18.2 Å². The highest BCUT2D eigenvalue weighted by molar-refractivity contribution is 5.30. The summed E-state index contributed by atoms with van der Waals surface area (Å²) in [5, 5.41) is 12.9. The number of halogens is 1. The van der Waals surface area contributed by atoms with Crippen molar-refractivity contribution in [3.05, 3.63) is 65.5 Å². The van der Waals surface area contributed by atoms with Crippen LogP contribution in [0.3, 0.4) is 0 Å². The van der Waals surface area contributed by atoms with Gasteiger partial charge in [-0.3, -0.25) is 0 Å². The minimum Gasteiger partial charge on any atom is -0.508 e. The Hall–Kier alpha value is -1.87. The maximum atomic E-state index is 13.0. The van der Waals surface area contributed by atoms with Crippen LogP contribution in [0.2, 0.25) is 0 Å². The summed E-state index contributed by atoms with van der Waals surface area (Å²) in [6.07, 6.45) is 0.813. The van der Waals surface area contributed by atoms with Gasteiger partial charge in [0.15, 0.2) is 0 Å². The van der Waals surface area contributed by atoms with Crippen molar-refractivity contribution >= 4 is 0 Å². The van der Waals surface area contributed by atoms with E-state index in [4.69, 9.17) is 0 Å². The van der Waals surface area contributed by atoms with E-state index in [1.165, 1.54) is 12.1 Å². The monoisotopic (exact) mass is 273 g/mol. The number of benzene rings is 2. The third-order valence-corrected chi connectivity index (χ3v) is 3.37.